The SMILES string of the molecule is C#Cc1ccc([C@H](C)NC(=O)[C@@H]2C[C@@H](O)CN2C(=O)[C@@H](NC(=O)O)C(C)(C)O)cc1. The number of carboxylic acid groups (broad SMARTS) is 1. The van der Waals surface area contributed by atoms with Crippen LogP contribution in [0.25, 0.3) is 0 Å². The van der Waals surface area contributed by atoms with Crippen molar-refractivity contribution in [3.63, 3.8) is 0 Å². The van der Waals surface area contributed by atoms with Gasteiger partial charge in [0.2, 0.25) is 11.8 Å². The minimum atomic E-state index is -1.71. The number of amides is 3. The van der Waals surface area contributed by atoms with Gasteiger partial charge in [0, 0.05) is 18.5 Å². The predicted octanol–water partition coefficient (Wildman–Crippen LogP) is 0.214. The van der Waals surface area contributed by atoms with Gasteiger partial charge in [0.05, 0.1) is 17.7 Å². The minimum Gasteiger partial charge on any atom is -0.465 e. The molecule has 1 heterocycles. The molecular weight excluding hydrogens is 390 g/mol. The molecule has 5 N–H and O–H groups in total. The molecule has 4 atom stereocenters. The average molecular weight is 417 g/mol. The van der Waals surface area contributed by atoms with Crippen molar-refractivity contribution >= 4 is 17.9 Å². The van der Waals surface area contributed by atoms with Gasteiger partial charge in [0.15, 0.2) is 0 Å². The highest BCUT2D eigenvalue weighted by molar-refractivity contribution is 5.92. The molecule has 0 radical (unpaired) electrons. The molecule has 1 aromatic carbocycles. The van der Waals surface area contributed by atoms with Gasteiger partial charge >= 0.3 is 6.09 Å². The van der Waals surface area contributed by atoms with E-state index >= 15 is 0 Å². The molecule has 1 saturated heterocycles. The van der Waals surface area contributed by atoms with E-state index in [4.69, 9.17) is 11.5 Å². The molecule has 0 saturated carbocycles. The summed E-state index contributed by atoms with van der Waals surface area (Å²) in [6, 6.07) is 4.18. The number of nitrogens with zero attached hydrogens (tertiary/aromatic N) is 1. The van der Waals surface area contributed by atoms with Crippen LogP contribution in [0.5, 0.6) is 0 Å². The Balaban J connectivity index is 2.17. The Morgan fingerprint density at radius 1 is 1.23 bits per heavy atom. The highest BCUT2D eigenvalue weighted by atomic mass is 16.4. The first-order valence-corrected chi connectivity index (χ1v) is 9.51. The summed E-state index contributed by atoms with van der Waals surface area (Å²) in [5, 5.41) is 34.1. The van der Waals surface area contributed by atoms with Gasteiger partial charge in [-0.1, -0.05) is 18.1 Å². The van der Waals surface area contributed by atoms with Crippen molar-refractivity contribution in [3.8, 4) is 12.3 Å². The Hall–Kier alpha value is -3.09. The molecule has 9 nitrogen and oxygen atoms in total. The van der Waals surface area contributed by atoms with Crippen molar-refractivity contribution in [2.75, 3.05) is 6.54 Å². The number of hydrogen-bond donors (Lipinski definition) is 5. The van der Waals surface area contributed by atoms with Gasteiger partial charge in [-0.15, -0.1) is 6.42 Å². The first-order chi connectivity index (χ1) is 13.9. The maximum atomic E-state index is 12.9. The number of rotatable bonds is 6. The van der Waals surface area contributed by atoms with Crippen LogP contribution in [0.2, 0.25) is 0 Å². The van der Waals surface area contributed by atoms with Gasteiger partial charge in [0.25, 0.3) is 0 Å². The van der Waals surface area contributed by atoms with Gasteiger partial charge in [0.1, 0.15) is 12.1 Å². The van der Waals surface area contributed by atoms with Crippen molar-refractivity contribution < 1.29 is 29.7 Å². The molecule has 30 heavy (non-hydrogen) atoms. The van der Waals surface area contributed by atoms with Gasteiger partial charge < -0.3 is 30.9 Å². The second-order valence-electron chi connectivity index (χ2n) is 7.93. The maximum Gasteiger partial charge on any atom is 0.405 e. The summed E-state index contributed by atoms with van der Waals surface area (Å²) in [6.45, 7) is 4.20. The monoisotopic (exact) mass is 417 g/mol. The Morgan fingerprint density at radius 2 is 1.83 bits per heavy atom. The van der Waals surface area contributed by atoms with Crippen molar-refractivity contribution in [1.29, 1.82) is 0 Å². The third kappa shape index (κ3) is 5.49. The lowest BCUT2D eigenvalue weighted by Gasteiger charge is -2.34. The van der Waals surface area contributed by atoms with Gasteiger partial charge in [-0.25, -0.2) is 4.79 Å². The van der Waals surface area contributed by atoms with E-state index in [0.717, 1.165) is 10.5 Å². The normalized spacial score (nSPS) is 20.7. The summed E-state index contributed by atoms with van der Waals surface area (Å²) in [5.41, 5.74) is -0.201. The molecule has 1 aromatic rings. The molecule has 162 valence electrons. The third-order valence-corrected chi connectivity index (χ3v) is 5.02. The summed E-state index contributed by atoms with van der Waals surface area (Å²) in [4.78, 5) is 38.0. The Morgan fingerprint density at radius 3 is 2.33 bits per heavy atom. The van der Waals surface area contributed by atoms with Gasteiger partial charge in [-0.2, -0.15) is 0 Å². The molecule has 1 aliphatic rings. The smallest absolute Gasteiger partial charge is 0.405 e. The van der Waals surface area contributed by atoms with Gasteiger partial charge in [-0.05, 0) is 38.5 Å². The highest BCUT2D eigenvalue weighted by Gasteiger charge is 2.45. The molecule has 0 spiro atoms. The summed E-state index contributed by atoms with van der Waals surface area (Å²) in [5.74, 6) is 1.24. The van der Waals surface area contributed by atoms with Crippen LogP contribution in [0.15, 0.2) is 24.3 Å². The largest absolute Gasteiger partial charge is 0.465 e. The summed E-state index contributed by atoms with van der Waals surface area (Å²) in [6.07, 6.45) is 2.92. The summed E-state index contributed by atoms with van der Waals surface area (Å²) < 4.78 is 0. The van der Waals surface area contributed by atoms with E-state index in [0.29, 0.717) is 5.56 Å². The van der Waals surface area contributed by atoms with E-state index in [1.807, 2.05) is 5.32 Å². The first kappa shape index (κ1) is 23.2. The zero-order valence-electron chi connectivity index (χ0n) is 17.1. The fourth-order valence-corrected chi connectivity index (χ4v) is 3.40. The Kier molecular flexibility index (Phi) is 7.08. The number of hydrogen-bond acceptors (Lipinski definition) is 5. The predicted molar refractivity (Wildman–Crippen MR) is 108 cm³/mol. The molecule has 2 rings (SSSR count). The molecule has 0 aromatic heterocycles. The van der Waals surface area contributed by atoms with E-state index in [1.165, 1.54) is 13.8 Å². The van der Waals surface area contributed by atoms with Crippen LogP contribution in [-0.4, -0.2) is 68.5 Å². The number of aliphatic hydroxyl groups excluding tert-OH is 1. The standard InChI is InChI=1S/C21H27N3O6/c1-5-13-6-8-14(9-7-13)12(2)22-18(26)16-10-15(25)11-24(16)19(27)17(21(3,4)30)23-20(28)29/h1,6-9,12,15-17,23,25,30H,10-11H2,2-4H3,(H,22,26)(H,28,29)/t12-,15+,16-,17+/m0/s1. The van der Waals surface area contributed by atoms with Crippen molar-refractivity contribution in [1.82, 2.24) is 15.5 Å². The van der Waals surface area contributed by atoms with E-state index in [9.17, 15) is 24.6 Å². The van der Waals surface area contributed by atoms with E-state index in [1.54, 1.807) is 31.2 Å². The van der Waals surface area contributed by atoms with Crippen molar-refractivity contribution in [2.24, 2.45) is 0 Å². The lowest BCUT2D eigenvalue weighted by molar-refractivity contribution is -0.144. The number of β-amino-alcohol motifs (C(OH)–C–C–N with tert-alkyl or cyclic N) is 1. The number of terminal acetylenes is 1. The molecule has 1 aliphatic heterocycles. The fourth-order valence-electron chi connectivity index (χ4n) is 3.40. The minimum absolute atomic E-state index is 0.00593. The lowest BCUT2D eigenvalue weighted by atomic mass is 9.97. The van der Waals surface area contributed by atoms with E-state index < -0.39 is 41.7 Å². The Labute approximate surface area is 175 Å². The molecule has 9 heteroatoms. The quantitative estimate of drug-likeness (QED) is 0.420. The molecule has 0 aliphatic carbocycles. The lowest BCUT2D eigenvalue weighted by Crippen LogP contribution is -2.60. The number of aliphatic hydroxyl groups is 2. The second-order valence-corrected chi connectivity index (χ2v) is 7.93. The zero-order valence-corrected chi connectivity index (χ0v) is 17.1. The second kappa shape index (κ2) is 9.15. The summed E-state index contributed by atoms with van der Waals surface area (Å²) >= 11 is 0. The molecule has 1 fully saturated rings. The van der Waals surface area contributed by atoms with Crippen LogP contribution in [-0.2, 0) is 9.59 Å². The fraction of sp³-hybridized carbons (Fsp3) is 0.476. The molecular formula is C21H27N3O6. The Bertz CT molecular complexity index is 840. The van der Waals surface area contributed by atoms with Gasteiger partial charge in [-0.3, -0.25) is 9.59 Å². The zero-order chi connectivity index (χ0) is 22.6. The number of carbonyl (C=O) groups is 3. The third-order valence-electron chi connectivity index (χ3n) is 5.02. The van der Waals surface area contributed by atoms with Crippen LogP contribution >= 0.6 is 0 Å². The number of benzene rings is 1. The number of carbonyl (C=O) groups excluding carboxylic acids is 2. The highest BCUT2D eigenvalue weighted by Crippen LogP contribution is 2.23. The first-order valence-electron chi connectivity index (χ1n) is 9.51. The van der Waals surface area contributed by atoms with Crippen LogP contribution < -0.4 is 10.6 Å². The van der Waals surface area contributed by atoms with Crippen LogP contribution in [0.3, 0.4) is 0 Å². The van der Waals surface area contributed by atoms with Crippen molar-refractivity contribution in [2.45, 2.75) is 57.0 Å². The van der Waals surface area contributed by atoms with Crippen LogP contribution in [0, 0.1) is 12.3 Å². The van der Waals surface area contributed by atoms with E-state index in [-0.39, 0.29) is 19.0 Å². The van der Waals surface area contributed by atoms with E-state index in [2.05, 4.69) is 11.2 Å². The number of likely N-dealkylation sites (tertiary alicyclic amines) is 1. The topological polar surface area (TPSA) is 139 Å². The summed E-state index contributed by atoms with van der Waals surface area (Å²) in [7, 11) is 0. The van der Waals surface area contributed by atoms with Crippen molar-refractivity contribution in [3.05, 3.63) is 35.4 Å². The number of nitrogens with one attached hydrogen (secondary N) is 2. The molecule has 0 unspecified atom stereocenters. The van der Waals surface area contributed by atoms with Crippen LogP contribution in [0.4, 0.5) is 4.79 Å². The molecule has 3 amide bonds. The maximum absolute atomic E-state index is 12.9. The molecule has 0 bridgehead atoms. The van der Waals surface area contributed by atoms with Crippen LogP contribution in [0.1, 0.15) is 44.4 Å². The average Bonchev–Trinajstić information content (AvgIpc) is 3.06.